The summed E-state index contributed by atoms with van der Waals surface area (Å²) in [6.07, 6.45) is 0.669. The van der Waals surface area contributed by atoms with E-state index < -0.39 is 18.1 Å². The van der Waals surface area contributed by atoms with E-state index in [1.54, 1.807) is 0 Å². The maximum Gasteiger partial charge on any atom is 0.410 e. The lowest BCUT2D eigenvalue weighted by Crippen LogP contribution is -2.38. The summed E-state index contributed by atoms with van der Waals surface area (Å²) in [4.78, 5) is 25.4. The van der Waals surface area contributed by atoms with Crippen LogP contribution in [0.25, 0.3) is 0 Å². The van der Waals surface area contributed by atoms with Crippen molar-refractivity contribution in [3.05, 3.63) is 35.9 Å². The third-order valence-electron chi connectivity index (χ3n) is 4.01. The Morgan fingerprint density at radius 3 is 2.64 bits per heavy atom. The molecule has 1 aromatic rings. The van der Waals surface area contributed by atoms with Crippen LogP contribution in [-0.4, -0.2) is 47.2 Å². The second-order valence-corrected chi connectivity index (χ2v) is 5.90. The van der Waals surface area contributed by atoms with Gasteiger partial charge in [0.2, 0.25) is 5.91 Å². The van der Waals surface area contributed by atoms with Gasteiger partial charge in [0.15, 0.2) is 0 Å². The van der Waals surface area contributed by atoms with Gasteiger partial charge in [0.1, 0.15) is 6.61 Å². The second kappa shape index (κ2) is 6.36. The average molecular weight is 304 g/mol. The maximum atomic E-state index is 12.0. The predicted octanol–water partition coefficient (Wildman–Crippen LogP) is 0.894. The van der Waals surface area contributed by atoms with Gasteiger partial charge in [0.05, 0.1) is 18.6 Å². The summed E-state index contributed by atoms with van der Waals surface area (Å²) in [6.45, 7) is 0.523. The van der Waals surface area contributed by atoms with Crippen LogP contribution in [-0.2, 0) is 16.1 Å². The van der Waals surface area contributed by atoms with Crippen LogP contribution in [0.4, 0.5) is 4.79 Å². The lowest BCUT2D eigenvalue weighted by Gasteiger charge is -2.16. The Labute approximate surface area is 129 Å². The van der Waals surface area contributed by atoms with Crippen molar-refractivity contribution in [3.8, 4) is 0 Å². The summed E-state index contributed by atoms with van der Waals surface area (Å²) in [6, 6.07) is 9.64. The van der Waals surface area contributed by atoms with Crippen LogP contribution in [0.15, 0.2) is 30.3 Å². The molecule has 6 heteroatoms. The van der Waals surface area contributed by atoms with Gasteiger partial charge >= 0.3 is 6.09 Å². The molecule has 0 radical (unpaired) electrons. The smallest absolute Gasteiger partial charge is 0.410 e. The van der Waals surface area contributed by atoms with Gasteiger partial charge in [-0.3, -0.25) is 4.79 Å². The molecule has 6 nitrogen and oxygen atoms in total. The molecule has 2 N–H and O–H groups in total. The number of β-amino-alcohol motifs (C(OH)–C–C–N with tert-alkyl or cyclic N) is 1. The quantitative estimate of drug-likeness (QED) is 0.866. The van der Waals surface area contributed by atoms with Crippen LogP contribution in [0.5, 0.6) is 0 Å². The van der Waals surface area contributed by atoms with E-state index in [-0.39, 0.29) is 31.6 Å². The van der Waals surface area contributed by atoms with E-state index in [1.807, 2.05) is 30.3 Å². The molecule has 3 rings (SSSR count). The first-order valence-corrected chi connectivity index (χ1v) is 7.57. The van der Waals surface area contributed by atoms with E-state index in [0.29, 0.717) is 0 Å². The van der Waals surface area contributed by atoms with Crippen LogP contribution in [0, 0.1) is 5.92 Å². The molecule has 2 fully saturated rings. The number of hydrogen-bond donors (Lipinski definition) is 2. The number of nitrogens with one attached hydrogen (secondary N) is 1. The lowest BCUT2D eigenvalue weighted by atomic mass is 10.1. The molecule has 0 spiro atoms. The minimum atomic E-state index is -0.831. The Morgan fingerprint density at radius 1 is 1.23 bits per heavy atom. The molecular formula is C16H20N2O4. The van der Waals surface area contributed by atoms with Crippen molar-refractivity contribution in [2.45, 2.75) is 31.6 Å². The van der Waals surface area contributed by atoms with Crippen molar-refractivity contribution in [1.82, 2.24) is 10.2 Å². The van der Waals surface area contributed by atoms with Gasteiger partial charge in [-0.1, -0.05) is 30.3 Å². The molecule has 0 bridgehead atoms. The van der Waals surface area contributed by atoms with Crippen LogP contribution in [0.3, 0.4) is 0 Å². The zero-order valence-electron chi connectivity index (χ0n) is 12.3. The highest BCUT2D eigenvalue weighted by Gasteiger charge is 2.40. The predicted molar refractivity (Wildman–Crippen MR) is 78.9 cm³/mol. The van der Waals surface area contributed by atoms with Crippen LogP contribution in [0.1, 0.15) is 18.4 Å². The number of carbonyl (C=O) groups excluding carboxylic acids is 2. The molecule has 1 aromatic carbocycles. The first-order chi connectivity index (χ1) is 10.6. The van der Waals surface area contributed by atoms with Gasteiger partial charge in [-0.2, -0.15) is 0 Å². The molecule has 2 atom stereocenters. The zero-order valence-corrected chi connectivity index (χ0v) is 12.3. The largest absolute Gasteiger partial charge is 0.445 e. The fourth-order valence-corrected chi connectivity index (χ4v) is 2.54. The topological polar surface area (TPSA) is 78.9 Å². The highest BCUT2D eigenvalue weighted by molar-refractivity contribution is 5.81. The van der Waals surface area contributed by atoms with Gasteiger partial charge in [-0.15, -0.1) is 0 Å². The van der Waals surface area contributed by atoms with Gasteiger partial charge < -0.3 is 20.1 Å². The number of nitrogens with zero attached hydrogens (tertiary/aromatic N) is 1. The third-order valence-corrected chi connectivity index (χ3v) is 4.01. The van der Waals surface area contributed by atoms with E-state index in [0.717, 1.165) is 18.4 Å². The molecule has 0 unspecified atom stereocenters. The van der Waals surface area contributed by atoms with E-state index in [2.05, 4.69) is 5.32 Å². The van der Waals surface area contributed by atoms with E-state index >= 15 is 0 Å². The van der Waals surface area contributed by atoms with Crippen molar-refractivity contribution in [1.29, 1.82) is 0 Å². The third kappa shape index (κ3) is 3.57. The molecule has 118 valence electrons. The molecule has 1 saturated heterocycles. The van der Waals surface area contributed by atoms with Crippen molar-refractivity contribution < 1.29 is 19.4 Å². The number of aliphatic hydroxyl groups excluding tert-OH is 1. The van der Waals surface area contributed by atoms with Crippen molar-refractivity contribution in [2.24, 2.45) is 5.92 Å². The number of ether oxygens (including phenoxy) is 1. The second-order valence-electron chi connectivity index (χ2n) is 5.90. The molecule has 1 aliphatic heterocycles. The summed E-state index contributed by atoms with van der Waals surface area (Å²) in [5.74, 6) is -0.738. The van der Waals surface area contributed by atoms with E-state index in [4.69, 9.17) is 4.74 Å². The Kier molecular flexibility index (Phi) is 4.29. The van der Waals surface area contributed by atoms with Gasteiger partial charge in [-0.25, -0.2) is 4.79 Å². The highest BCUT2D eigenvalue weighted by atomic mass is 16.6. The van der Waals surface area contributed by atoms with Crippen LogP contribution in [0.2, 0.25) is 0 Å². The fourth-order valence-electron chi connectivity index (χ4n) is 2.54. The number of hydrogen-bond acceptors (Lipinski definition) is 4. The number of likely N-dealkylation sites (tertiary alicyclic amines) is 1. The first kappa shape index (κ1) is 14.8. The Balaban J connectivity index is 1.49. The Morgan fingerprint density at radius 2 is 1.95 bits per heavy atom. The highest BCUT2D eigenvalue weighted by Crippen LogP contribution is 2.23. The summed E-state index contributed by atoms with van der Waals surface area (Å²) in [7, 11) is 0. The van der Waals surface area contributed by atoms with Crippen LogP contribution < -0.4 is 5.32 Å². The van der Waals surface area contributed by atoms with Crippen molar-refractivity contribution in [2.75, 3.05) is 13.1 Å². The molecule has 2 aliphatic rings. The van der Waals surface area contributed by atoms with Gasteiger partial charge in [0.25, 0.3) is 0 Å². The van der Waals surface area contributed by atoms with Crippen LogP contribution >= 0.6 is 0 Å². The first-order valence-electron chi connectivity index (χ1n) is 7.57. The summed E-state index contributed by atoms with van der Waals surface area (Å²) >= 11 is 0. The molecule has 22 heavy (non-hydrogen) atoms. The standard InChI is InChI=1S/C16H20N2O4/c19-14-9-18(8-13(14)15(20)17-12-6-7-12)16(21)22-10-11-4-2-1-3-5-11/h1-5,12-14,19H,6-10H2,(H,17,20)/t13-,14-/m0/s1. The minimum Gasteiger partial charge on any atom is -0.445 e. The zero-order chi connectivity index (χ0) is 15.5. The summed E-state index contributed by atoms with van der Waals surface area (Å²) in [5, 5.41) is 12.9. The number of carbonyl (C=O) groups is 2. The normalized spacial score (nSPS) is 24.1. The number of aliphatic hydroxyl groups is 1. The number of rotatable bonds is 4. The lowest BCUT2D eigenvalue weighted by molar-refractivity contribution is -0.127. The molecular weight excluding hydrogens is 284 g/mol. The Bertz CT molecular complexity index is 544. The Hall–Kier alpha value is -2.08. The van der Waals surface area contributed by atoms with Gasteiger partial charge in [0, 0.05) is 12.6 Å². The van der Waals surface area contributed by atoms with Gasteiger partial charge in [-0.05, 0) is 18.4 Å². The van der Waals surface area contributed by atoms with Crippen molar-refractivity contribution >= 4 is 12.0 Å². The maximum absolute atomic E-state index is 12.0. The molecule has 1 saturated carbocycles. The average Bonchev–Trinajstić information content (AvgIpc) is 3.25. The number of amides is 2. The minimum absolute atomic E-state index is 0.135. The van der Waals surface area contributed by atoms with Crippen molar-refractivity contribution in [3.63, 3.8) is 0 Å². The monoisotopic (exact) mass is 304 g/mol. The summed E-state index contributed by atoms with van der Waals surface area (Å²) < 4.78 is 5.23. The summed E-state index contributed by atoms with van der Waals surface area (Å²) in [5.41, 5.74) is 0.902. The molecule has 1 heterocycles. The SMILES string of the molecule is O=C(NC1CC1)[C@H]1CN(C(=O)OCc2ccccc2)C[C@@H]1O. The number of benzene rings is 1. The van der Waals surface area contributed by atoms with E-state index in [1.165, 1.54) is 4.90 Å². The molecule has 0 aromatic heterocycles. The fraction of sp³-hybridized carbons (Fsp3) is 0.500. The van der Waals surface area contributed by atoms with E-state index in [9.17, 15) is 14.7 Å². The molecule has 1 aliphatic carbocycles. The molecule has 2 amide bonds.